The summed E-state index contributed by atoms with van der Waals surface area (Å²) in [5, 5.41) is 3.35. The number of nitrogens with one attached hydrogen (secondary N) is 1. The van der Waals surface area contributed by atoms with Crippen molar-refractivity contribution in [2.45, 2.75) is 96.6 Å². The van der Waals surface area contributed by atoms with Crippen LogP contribution in [0.25, 0.3) is 0 Å². The molecule has 2 amide bonds. The van der Waals surface area contributed by atoms with Crippen LogP contribution in [0.1, 0.15) is 96.2 Å². The largest absolute Gasteiger partial charge is 0.347 e. The number of hydrogen-bond acceptors (Lipinski definition) is 3. The van der Waals surface area contributed by atoms with Crippen LogP contribution in [0.2, 0.25) is 0 Å². The molecule has 33 heavy (non-hydrogen) atoms. The Kier molecular flexibility index (Phi) is 7.18. The molecule has 1 spiro atoms. The first-order valence-electron chi connectivity index (χ1n) is 13.1. The molecule has 4 rings (SSSR count). The van der Waals surface area contributed by atoms with Gasteiger partial charge in [0.25, 0.3) is 0 Å². The molecule has 2 saturated heterocycles. The molecule has 0 bridgehead atoms. The van der Waals surface area contributed by atoms with Crippen LogP contribution in [0, 0.1) is 5.41 Å². The minimum atomic E-state index is -0.314. The quantitative estimate of drug-likeness (QED) is 0.712. The summed E-state index contributed by atoms with van der Waals surface area (Å²) in [4.78, 5) is 29.7. The summed E-state index contributed by atoms with van der Waals surface area (Å²) >= 11 is 0. The second-order valence-corrected chi connectivity index (χ2v) is 11.8. The van der Waals surface area contributed by atoms with Crippen molar-refractivity contribution in [1.29, 1.82) is 0 Å². The average molecular weight is 454 g/mol. The normalized spacial score (nSPS) is 25.5. The van der Waals surface area contributed by atoms with Gasteiger partial charge in [-0.3, -0.25) is 9.59 Å². The average Bonchev–Trinajstić information content (AvgIpc) is 2.80. The van der Waals surface area contributed by atoms with Crippen molar-refractivity contribution in [2.75, 3.05) is 26.2 Å². The molecule has 1 aromatic carbocycles. The Morgan fingerprint density at radius 2 is 1.76 bits per heavy atom. The van der Waals surface area contributed by atoms with E-state index in [1.165, 1.54) is 36.9 Å². The monoisotopic (exact) mass is 453 g/mol. The van der Waals surface area contributed by atoms with Gasteiger partial charge in [0, 0.05) is 13.5 Å². The van der Waals surface area contributed by atoms with Gasteiger partial charge in [-0.05, 0) is 93.0 Å². The molecule has 2 aliphatic heterocycles. The van der Waals surface area contributed by atoms with E-state index in [0.29, 0.717) is 12.0 Å². The molecule has 5 nitrogen and oxygen atoms in total. The summed E-state index contributed by atoms with van der Waals surface area (Å²) in [6.45, 7) is 12.8. The number of fused-ring (bicyclic) bond motifs is 2. The van der Waals surface area contributed by atoms with Gasteiger partial charge in [-0.1, -0.05) is 45.0 Å². The number of nitrogens with zero attached hydrogens (tertiary/aromatic N) is 2. The van der Waals surface area contributed by atoms with Gasteiger partial charge in [-0.25, -0.2) is 0 Å². The summed E-state index contributed by atoms with van der Waals surface area (Å²) in [7, 11) is 0. The number of carbonyl (C=O) groups excluding carboxylic acids is 2. The minimum absolute atomic E-state index is 0.0102. The third-order valence-corrected chi connectivity index (χ3v) is 8.34. The van der Waals surface area contributed by atoms with Gasteiger partial charge in [0.15, 0.2) is 0 Å². The highest BCUT2D eigenvalue weighted by molar-refractivity contribution is 5.87. The van der Waals surface area contributed by atoms with Crippen LogP contribution in [0.3, 0.4) is 0 Å². The predicted molar refractivity (Wildman–Crippen MR) is 133 cm³/mol. The maximum Gasteiger partial charge on any atom is 0.243 e. The first-order valence-corrected chi connectivity index (χ1v) is 13.1. The molecule has 1 aromatic rings. The third-order valence-electron chi connectivity index (χ3n) is 8.34. The second-order valence-electron chi connectivity index (χ2n) is 11.8. The maximum absolute atomic E-state index is 13.2. The van der Waals surface area contributed by atoms with E-state index < -0.39 is 0 Å². The SMILES string of the molecule is CC(=O)N1CCCCC1C(=O)N[C@@H]1CCC2(CCN(CCC(C)(C)C)CC2)c2ccccc21. The van der Waals surface area contributed by atoms with Crippen molar-refractivity contribution >= 4 is 11.8 Å². The molecule has 1 N–H and O–H groups in total. The highest BCUT2D eigenvalue weighted by Crippen LogP contribution is 2.48. The van der Waals surface area contributed by atoms with E-state index in [4.69, 9.17) is 0 Å². The highest BCUT2D eigenvalue weighted by atomic mass is 16.2. The Morgan fingerprint density at radius 1 is 1.03 bits per heavy atom. The maximum atomic E-state index is 13.2. The zero-order valence-corrected chi connectivity index (χ0v) is 21.2. The lowest BCUT2D eigenvalue weighted by Crippen LogP contribution is -2.53. The lowest BCUT2D eigenvalue weighted by molar-refractivity contribution is -0.141. The van der Waals surface area contributed by atoms with E-state index >= 15 is 0 Å². The summed E-state index contributed by atoms with van der Waals surface area (Å²) in [5.74, 6) is 0.0359. The number of likely N-dealkylation sites (tertiary alicyclic amines) is 2. The smallest absolute Gasteiger partial charge is 0.243 e. The molecular formula is C28H43N3O2. The first kappa shape index (κ1) is 24.3. The fourth-order valence-corrected chi connectivity index (χ4v) is 6.21. The predicted octanol–water partition coefficient (Wildman–Crippen LogP) is 4.81. The Hall–Kier alpha value is -1.88. The Morgan fingerprint density at radius 3 is 2.45 bits per heavy atom. The molecule has 2 heterocycles. The zero-order chi connectivity index (χ0) is 23.6. The van der Waals surface area contributed by atoms with Gasteiger partial charge in [-0.2, -0.15) is 0 Å². The topological polar surface area (TPSA) is 52.7 Å². The fraction of sp³-hybridized carbons (Fsp3) is 0.714. The van der Waals surface area contributed by atoms with E-state index in [1.807, 2.05) is 0 Å². The summed E-state index contributed by atoms with van der Waals surface area (Å²) in [5.41, 5.74) is 3.37. The van der Waals surface area contributed by atoms with Gasteiger partial charge < -0.3 is 15.1 Å². The molecule has 5 heteroatoms. The van der Waals surface area contributed by atoms with E-state index in [-0.39, 0.29) is 29.3 Å². The number of benzene rings is 1. The minimum Gasteiger partial charge on any atom is -0.347 e. The van der Waals surface area contributed by atoms with Crippen LogP contribution in [0.4, 0.5) is 0 Å². The van der Waals surface area contributed by atoms with Crippen molar-refractivity contribution < 1.29 is 9.59 Å². The van der Waals surface area contributed by atoms with Crippen molar-refractivity contribution in [3.8, 4) is 0 Å². The highest BCUT2D eigenvalue weighted by Gasteiger charge is 2.43. The standard InChI is InChI=1S/C28H43N3O2/c1-21(32)31-17-8-7-11-25(31)26(33)29-24-12-13-28(23-10-6-5-9-22(23)24)15-19-30(20-16-28)18-14-27(2,3)4/h5-6,9-10,24-25H,7-8,11-20H2,1-4H3,(H,29,33)/t24-,25?/m1/s1. The molecule has 0 aromatic heterocycles. The molecule has 182 valence electrons. The van der Waals surface area contributed by atoms with Crippen LogP contribution in [0.15, 0.2) is 24.3 Å². The number of rotatable bonds is 4. The Balaban J connectivity index is 1.45. The Labute approximate surface area is 200 Å². The molecule has 2 atom stereocenters. The lowest BCUT2D eigenvalue weighted by Gasteiger charge is -2.48. The number of carbonyl (C=O) groups is 2. The van der Waals surface area contributed by atoms with Crippen LogP contribution >= 0.6 is 0 Å². The van der Waals surface area contributed by atoms with E-state index in [9.17, 15) is 9.59 Å². The second kappa shape index (κ2) is 9.77. The third kappa shape index (κ3) is 5.45. The molecule has 1 unspecified atom stereocenters. The van der Waals surface area contributed by atoms with Crippen molar-refractivity contribution in [2.24, 2.45) is 5.41 Å². The fourth-order valence-electron chi connectivity index (χ4n) is 6.21. The van der Waals surface area contributed by atoms with Crippen molar-refractivity contribution in [3.05, 3.63) is 35.4 Å². The lowest BCUT2D eigenvalue weighted by atomic mass is 9.63. The van der Waals surface area contributed by atoms with Gasteiger partial charge in [0.2, 0.25) is 11.8 Å². The van der Waals surface area contributed by atoms with E-state index in [0.717, 1.165) is 45.2 Å². The van der Waals surface area contributed by atoms with Gasteiger partial charge in [0.05, 0.1) is 6.04 Å². The summed E-state index contributed by atoms with van der Waals surface area (Å²) in [6, 6.07) is 8.53. The van der Waals surface area contributed by atoms with Gasteiger partial charge in [0.1, 0.15) is 6.04 Å². The van der Waals surface area contributed by atoms with Crippen LogP contribution in [-0.4, -0.2) is 53.8 Å². The van der Waals surface area contributed by atoms with Gasteiger partial charge >= 0.3 is 0 Å². The molecule has 1 aliphatic carbocycles. The van der Waals surface area contributed by atoms with E-state index in [1.54, 1.807) is 11.8 Å². The van der Waals surface area contributed by atoms with Gasteiger partial charge in [-0.15, -0.1) is 0 Å². The first-order chi connectivity index (χ1) is 15.7. The zero-order valence-electron chi connectivity index (χ0n) is 21.2. The molecular weight excluding hydrogens is 410 g/mol. The number of piperidine rings is 2. The number of amides is 2. The molecule has 0 saturated carbocycles. The molecule has 3 aliphatic rings. The summed E-state index contributed by atoms with van der Waals surface area (Å²) in [6.07, 6.45) is 8.53. The van der Waals surface area contributed by atoms with Crippen molar-refractivity contribution in [3.63, 3.8) is 0 Å². The number of hydrogen-bond donors (Lipinski definition) is 1. The molecule has 0 radical (unpaired) electrons. The summed E-state index contributed by atoms with van der Waals surface area (Å²) < 4.78 is 0. The molecule has 2 fully saturated rings. The van der Waals surface area contributed by atoms with Crippen LogP contribution < -0.4 is 5.32 Å². The van der Waals surface area contributed by atoms with Crippen LogP contribution in [-0.2, 0) is 15.0 Å². The Bertz CT molecular complexity index is 851. The van der Waals surface area contributed by atoms with Crippen LogP contribution in [0.5, 0.6) is 0 Å². The van der Waals surface area contributed by atoms with E-state index in [2.05, 4.69) is 55.3 Å². The van der Waals surface area contributed by atoms with Crippen molar-refractivity contribution in [1.82, 2.24) is 15.1 Å².